The Morgan fingerprint density at radius 2 is 1.57 bits per heavy atom. The minimum atomic E-state index is 0.0468. The fraction of sp³-hybridized carbons (Fsp3) is 0.150. The molecule has 0 saturated heterocycles. The van der Waals surface area contributed by atoms with E-state index in [9.17, 15) is 4.79 Å². The average molecular weight is 321 g/mol. The molecule has 3 heteroatoms. The van der Waals surface area contributed by atoms with Crippen LogP contribution < -0.4 is 0 Å². The highest BCUT2D eigenvalue weighted by Gasteiger charge is 2.19. The third-order valence-electron chi connectivity index (χ3n) is 4.10. The van der Waals surface area contributed by atoms with Crippen molar-refractivity contribution in [3.63, 3.8) is 0 Å². The Bertz CT molecular complexity index is 763. The molecule has 3 rings (SSSR count). The highest BCUT2D eigenvalue weighted by Crippen LogP contribution is 2.25. The van der Waals surface area contributed by atoms with Crippen LogP contribution in [0.1, 0.15) is 28.2 Å². The van der Waals surface area contributed by atoms with Gasteiger partial charge < -0.3 is 4.90 Å². The Morgan fingerprint density at radius 3 is 2.17 bits per heavy atom. The van der Waals surface area contributed by atoms with E-state index in [1.54, 1.807) is 16.2 Å². The van der Waals surface area contributed by atoms with Crippen LogP contribution in [0.4, 0.5) is 0 Å². The number of carbonyl (C=O) groups is 1. The molecule has 2 nitrogen and oxygen atoms in total. The summed E-state index contributed by atoms with van der Waals surface area (Å²) >= 11 is 1.68. The SMILES string of the molecule is CC(c1cccs1)N(C)C(=O)c1ccc(-c2ccccc2)cc1. The zero-order chi connectivity index (χ0) is 16.2. The minimum Gasteiger partial charge on any atom is -0.334 e. The van der Waals surface area contributed by atoms with Gasteiger partial charge in [-0.25, -0.2) is 0 Å². The van der Waals surface area contributed by atoms with Gasteiger partial charge in [0, 0.05) is 17.5 Å². The third kappa shape index (κ3) is 3.35. The van der Waals surface area contributed by atoms with Gasteiger partial charge in [0.25, 0.3) is 5.91 Å². The summed E-state index contributed by atoms with van der Waals surface area (Å²) in [7, 11) is 1.86. The molecule has 1 aromatic heterocycles. The summed E-state index contributed by atoms with van der Waals surface area (Å²) in [5, 5.41) is 2.04. The summed E-state index contributed by atoms with van der Waals surface area (Å²) in [6.07, 6.45) is 0. The molecular formula is C20H19NOS. The van der Waals surface area contributed by atoms with Crippen LogP contribution in [0.2, 0.25) is 0 Å². The molecule has 0 spiro atoms. The molecular weight excluding hydrogens is 302 g/mol. The molecule has 2 aromatic carbocycles. The number of hydrogen-bond acceptors (Lipinski definition) is 2. The lowest BCUT2D eigenvalue weighted by Gasteiger charge is -2.24. The molecule has 0 aliphatic heterocycles. The lowest BCUT2D eigenvalue weighted by Crippen LogP contribution is -2.29. The number of amides is 1. The smallest absolute Gasteiger partial charge is 0.254 e. The van der Waals surface area contributed by atoms with Crippen LogP contribution in [0, 0.1) is 0 Å². The van der Waals surface area contributed by atoms with Crippen molar-refractivity contribution in [2.45, 2.75) is 13.0 Å². The lowest BCUT2D eigenvalue weighted by atomic mass is 10.0. The Morgan fingerprint density at radius 1 is 0.913 bits per heavy atom. The van der Waals surface area contributed by atoms with Gasteiger partial charge in [-0.2, -0.15) is 0 Å². The number of rotatable bonds is 4. The number of thiophene rings is 1. The summed E-state index contributed by atoms with van der Waals surface area (Å²) in [6.45, 7) is 2.06. The van der Waals surface area contributed by atoms with E-state index in [1.807, 2.05) is 61.0 Å². The van der Waals surface area contributed by atoms with E-state index >= 15 is 0 Å². The van der Waals surface area contributed by atoms with Crippen LogP contribution in [0.3, 0.4) is 0 Å². The van der Waals surface area contributed by atoms with E-state index in [4.69, 9.17) is 0 Å². The van der Waals surface area contributed by atoms with E-state index in [-0.39, 0.29) is 11.9 Å². The van der Waals surface area contributed by atoms with Gasteiger partial charge in [0.1, 0.15) is 0 Å². The van der Waals surface area contributed by atoms with Crippen molar-refractivity contribution >= 4 is 17.2 Å². The summed E-state index contributed by atoms with van der Waals surface area (Å²) < 4.78 is 0. The predicted molar refractivity (Wildman–Crippen MR) is 96.7 cm³/mol. The first kappa shape index (κ1) is 15.5. The molecule has 23 heavy (non-hydrogen) atoms. The van der Waals surface area contributed by atoms with Gasteiger partial charge >= 0.3 is 0 Å². The third-order valence-corrected chi connectivity index (χ3v) is 5.14. The zero-order valence-corrected chi connectivity index (χ0v) is 14.1. The van der Waals surface area contributed by atoms with Crippen LogP contribution in [-0.4, -0.2) is 17.9 Å². The van der Waals surface area contributed by atoms with Crippen molar-refractivity contribution in [1.29, 1.82) is 0 Å². The fourth-order valence-corrected chi connectivity index (χ4v) is 3.36. The minimum absolute atomic E-state index is 0.0468. The van der Waals surface area contributed by atoms with Crippen molar-refractivity contribution < 1.29 is 4.79 Å². The summed E-state index contributed by atoms with van der Waals surface area (Å²) in [6, 6.07) is 22.2. The van der Waals surface area contributed by atoms with Crippen molar-refractivity contribution in [2.75, 3.05) is 7.05 Å². The second-order valence-electron chi connectivity index (χ2n) is 5.55. The first-order chi connectivity index (χ1) is 11.2. The number of benzene rings is 2. The summed E-state index contributed by atoms with van der Waals surface area (Å²) in [5.74, 6) is 0.0468. The molecule has 1 heterocycles. The van der Waals surface area contributed by atoms with Gasteiger partial charge in [-0.05, 0) is 41.6 Å². The maximum absolute atomic E-state index is 12.7. The Hall–Kier alpha value is -2.39. The molecule has 116 valence electrons. The van der Waals surface area contributed by atoms with Gasteiger partial charge in [-0.15, -0.1) is 11.3 Å². The van der Waals surface area contributed by atoms with Gasteiger partial charge in [0.2, 0.25) is 0 Å². The highest BCUT2D eigenvalue weighted by atomic mass is 32.1. The van der Waals surface area contributed by atoms with Crippen LogP contribution in [0.15, 0.2) is 72.1 Å². The second kappa shape index (κ2) is 6.80. The highest BCUT2D eigenvalue weighted by molar-refractivity contribution is 7.10. The van der Waals surface area contributed by atoms with Crippen molar-refractivity contribution in [3.05, 3.63) is 82.6 Å². The van der Waals surface area contributed by atoms with E-state index < -0.39 is 0 Å². The molecule has 0 bridgehead atoms. The van der Waals surface area contributed by atoms with Crippen LogP contribution >= 0.6 is 11.3 Å². The zero-order valence-electron chi connectivity index (χ0n) is 13.3. The van der Waals surface area contributed by atoms with E-state index in [0.29, 0.717) is 0 Å². The van der Waals surface area contributed by atoms with Gasteiger partial charge in [-0.1, -0.05) is 48.5 Å². The molecule has 3 aromatic rings. The summed E-state index contributed by atoms with van der Waals surface area (Å²) in [4.78, 5) is 15.7. The Balaban J connectivity index is 1.78. The number of nitrogens with zero attached hydrogens (tertiary/aromatic N) is 1. The van der Waals surface area contributed by atoms with E-state index in [2.05, 4.69) is 25.1 Å². The van der Waals surface area contributed by atoms with Crippen LogP contribution in [-0.2, 0) is 0 Å². The maximum atomic E-state index is 12.7. The van der Waals surface area contributed by atoms with Gasteiger partial charge in [-0.3, -0.25) is 4.79 Å². The summed E-state index contributed by atoms with van der Waals surface area (Å²) in [5.41, 5.74) is 3.00. The van der Waals surface area contributed by atoms with Crippen molar-refractivity contribution in [3.8, 4) is 11.1 Å². The molecule has 0 saturated carbocycles. The fourth-order valence-electron chi connectivity index (χ4n) is 2.54. The monoisotopic (exact) mass is 321 g/mol. The number of carbonyl (C=O) groups excluding carboxylic acids is 1. The standard InChI is InChI=1S/C20H19NOS/c1-15(19-9-6-14-23-19)21(2)20(22)18-12-10-17(11-13-18)16-7-4-3-5-8-16/h3-15H,1-2H3. The van der Waals surface area contributed by atoms with Crippen LogP contribution in [0.5, 0.6) is 0 Å². The first-order valence-corrected chi connectivity index (χ1v) is 8.51. The molecule has 0 radical (unpaired) electrons. The molecule has 0 fully saturated rings. The number of hydrogen-bond donors (Lipinski definition) is 0. The van der Waals surface area contributed by atoms with Crippen LogP contribution in [0.25, 0.3) is 11.1 Å². The largest absolute Gasteiger partial charge is 0.334 e. The molecule has 1 amide bonds. The Kier molecular flexibility index (Phi) is 4.58. The maximum Gasteiger partial charge on any atom is 0.254 e. The topological polar surface area (TPSA) is 20.3 Å². The quantitative estimate of drug-likeness (QED) is 0.643. The Labute approximate surface area is 141 Å². The molecule has 0 aliphatic carbocycles. The molecule has 1 unspecified atom stereocenters. The average Bonchev–Trinajstić information content (AvgIpc) is 3.15. The van der Waals surface area contributed by atoms with Crippen molar-refractivity contribution in [2.24, 2.45) is 0 Å². The first-order valence-electron chi connectivity index (χ1n) is 7.63. The van der Waals surface area contributed by atoms with E-state index in [1.165, 1.54) is 4.88 Å². The van der Waals surface area contributed by atoms with Gasteiger partial charge in [0.15, 0.2) is 0 Å². The van der Waals surface area contributed by atoms with Crippen molar-refractivity contribution in [1.82, 2.24) is 4.90 Å². The lowest BCUT2D eigenvalue weighted by molar-refractivity contribution is 0.0745. The predicted octanol–water partition coefficient (Wildman–Crippen LogP) is 5.25. The normalized spacial score (nSPS) is 11.9. The molecule has 1 atom stereocenters. The molecule has 0 aliphatic rings. The van der Waals surface area contributed by atoms with Gasteiger partial charge in [0.05, 0.1) is 6.04 Å². The molecule has 0 N–H and O–H groups in total. The second-order valence-corrected chi connectivity index (χ2v) is 6.53. The van der Waals surface area contributed by atoms with E-state index in [0.717, 1.165) is 16.7 Å².